The maximum atomic E-state index is 12.0. The number of nitrogens with zero attached hydrogens (tertiary/aromatic N) is 1. The molecule has 0 unspecified atom stereocenters. The smallest absolute Gasteiger partial charge is 0.269 e. The molecule has 0 aromatic heterocycles. The van der Waals surface area contributed by atoms with Crippen LogP contribution in [0.15, 0.2) is 53.4 Å². The van der Waals surface area contributed by atoms with Crippen LogP contribution in [0.4, 0.5) is 5.69 Å². The molecule has 0 bridgehead atoms. The number of carboxylic acid groups (broad SMARTS) is 1. The number of aromatic carboxylic acids is 1. The van der Waals surface area contributed by atoms with E-state index in [0.29, 0.717) is 10.5 Å². The second-order valence-electron chi connectivity index (χ2n) is 4.30. The predicted molar refractivity (Wildman–Crippen MR) is 78.9 cm³/mol. The lowest BCUT2D eigenvalue weighted by Gasteiger charge is -2.09. The monoisotopic (exact) mass is 316 g/mol. The van der Waals surface area contributed by atoms with E-state index in [-0.39, 0.29) is 22.8 Å². The van der Waals surface area contributed by atoms with E-state index in [9.17, 15) is 24.8 Å². The summed E-state index contributed by atoms with van der Waals surface area (Å²) >= 11 is 1.08. The van der Waals surface area contributed by atoms with Crippen molar-refractivity contribution in [1.29, 1.82) is 0 Å². The number of carbonyl (C=O) groups is 2. The van der Waals surface area contributed by atoms with Gasteiger partial charge in [0, 0.05) is 28.2 Å². The first-order chi connectivity index (χ1) is 10.5. The number of benzene rings is 2. The number of rotatable bonds is 6. The summed E-state index contributed by atoms with van der Waals surface area (Å²) in [7, 11) is 0. The van der Waals surface area contributed by atoms with Crippen LogP contribution in [0.1, 0.15) is 20.7 Å². The third-order valence-electron chi connectivity index (χ3n) is 2.87. The molecule has 0 aliphatic rings. The van der Waals surface area contributed by atoms with Gasteiger partial charge in [-0.15, -0.1) is 11.8 Å². The number of Topliss-reactive ketones (excluding diaryl/α,β-unsaturated/α-hetero) is 1. The molecule has 0 amide bonds. The van der Waals surface area contributed by atoms with Crippen molar-refractivity contribution in [2.45, 2.75) is 4.90 Å². The number of thioether (sulfide) groups is 1. The Bertz CT molecular complexity index is 727. The number of hydrogen-bond acceptors (Lipinski definition) is 6. The van der Waals surface area contributed by atoms with Crippen LogP contribution >= 0.6 is 11.8 Å². The normalized spacial score (nSPS) is 10.2. The quantitative estimate of drug-likeness (QED) is 0.349. The molecule has 0 saturated heterocycles. The summed E-state index contributed by atoms with van der Waals surface area (Å²) in [6.45, 7) is 0. The van der Waals surface area contributed by atoms with Crippen LogP contribution in [0.3, 0.4) is 0 Å². The van der Waals surface area contributed by atoms with E-state index in [0.717, 1.165) is 11.8 Å². The lowest BCUT2D eigenvalue weighted by atomic mass is 10.1. The van der Waals surface area contributed by atoms with Gasteiger partial charge in [0.15, 0.2) is 5.78 Å². The lowest BCUT2D eigenvalue weighted by molar-refractivity contribution is -0.384. The highest BCUT2D eigenvalue weighted by Gasteiger charge is 2.11. The van der Waals surface area contributed by atoms with Gasteiger partial charge >= 0.3 is 0 Å². The zero-order valence-electron chi connectivity index (χ0n) is 11.2. The first-order valence-corrected chi connectivity index (χ1v) is 7.18. The van der Waals surface area contributed by atoms with Crippen LogP contribution in [-0.2, 0) is 0 Å². The molecule has 6 nitrogen and oxygen atoms in total. The van der Waals surface area contributed by atoms with Crippen LogP contribution in [-0.4, -0.2) is 22.4 Å². The van der Waals surface area contributed by atoms with Gasteiger partial charge in [-0.1, -0.05) is 18.2 Å². The van der Waals surface area contributed by atoms with Crippen LogP contribution in [0.25, 0.3) is 0 Å². The van der Waals surface area contributed by atoms with Crippen molar-refractivity contribution in [3.63, 3.8) is 0 Å². The van der Waals surface area contributed by atoms with Gasteiger partial charge in [0.1, 0.15) is 0 Å². The second-order valence-corrected chi connectivity index (χ2v) is 5.32. The molecule has 0 saturated carbocycles. The SMILES string of the molecule is O=C(CSc1ccccc1C(=O)[O-])c1ccc([N+](=O)[O-])cc1. The van der Waals surface area contributed by atoms with E-state index in [1.165, 1.54) is 30.3 Å². The third kappa shape index (κ3) is 3.70. The van der Waals surface area contributed by atoms with Gasteiger partial charge < -0.3 is 9.90 Å². The van der Waals surface area contributed by atoms with E-state index < -0.39 is 10.9 Å². The first kappa shape index (κ1) is 15.7. The Morgan fingerprint density at radius 3 is 2.27 bits per heavy atom. The number of nitro benzene ring substituents is 1. The van der Waals surface area contributed by atoms with Gasteiger partial charge in [0.05, 0.1) is 16.6 Å². The third-order valence-corrected chi connectivity index (χ3v) is 3.94. The fourth-order valence-electron chi connectivity index (χ4n) is 1.76. The van der Waals surface area contributed by atoms with Gasteiger partial charge in [-0.3, -0.25) is 14.9 Å². The lowest BCUT2D eigenvalue weighted by Crippen LogP contribution is -2.23. The molecular formula is C15H10NO5S-. The minimum Gasteiger partial charge on any atom is -0.545 e. The minimum atomic E-state index is -1.30. The highest BCUT2D eigenvalue weighted by atomic mass is 32.2. The molecule has 2 rings (SSSR count). The molecule has 0 aliphatic carbocycles. The highest BCUT2D eigenvalue weighted by molar-refractivity contribution is 8.00. The summed E-state index contributed by atoms with van der Waals surface area (Å²) in [5, 5.41) is 21.5. The summed E-state index contributed by atoms with van der Waals surface area (Å²) in [6.07, 6.45) is 0. The summed E-state index contributed by atoms with van der Waals surface area (Å²) in [4.78, 5) is 33.4. The fraction of sp³-hybridized carbons (Fsp3) is 0.0667. The summed E-state index contributed by atoms with van der Waals surface area (Å²) in [6, 6.07) is 11.5. The number of carbonyl (C=O) groups excluding carboxylic acids is 2. The molecule has 112 valence electrons. The second kappa shape index (κ2) is 6.86. The van der Waals surface area contributed by atoms with Crippen molar-refractivity contribution < 1.29 is 19.6 Å². The minimum absolute atomic E-state index is 0.0299. The maximum Gasteiger partial charge on any atom is 0.269 e. The molecule has 0 radical (unpaired) electrons. The van der Waals surface area contributed by atoms with E-state index in [1.54, 1.807) is 18.2 Å². The average molecular weight is 316 g/mol. The number of non-ortho nitro benzene ring substituents is 1. The molecular weight excluding hydrogens is 306 g/mol. The van der Waals surface area contributed by atoms with Crippen LogP contribution in [0.2, 0.25) is 0 Å². The topological polar surface area (TPSA) is 100 Å². The number of carboxylic acids is 1. The van der Waals surface area contributed by atoms with E-state index in [4.69, 9.17) is 0 Å². The van der Waals surface area contributed by atoms with E-state index >= 15 is 0 Å². The molecule has 0 aliphatic heterocycles. The molecule has 2 aromatic rings. The molecule has 0 heterocycles. The Balaban J connectivity index is 2.07. The molecule has 2 aromatic carbocycles. The Kier molecular flexibility index (Phi) is 4.90. The van der Waals surface area contributed by atoms with Crippen LogP contribution in [0, 0.1) is 10.1 Å². The van der Waals surface area contributed by atoms with Crippen molar-refractivity contribution in [1.82, 2.24) is 0 Å². The first-order valence-electron chi connectivity index (χ1n) is 6.20. The molecule has 22 heavy (non-hydrogen) atoms. The largest absolute Gasteiger partial charge is 0.545 e. The van der Waals surface area contributed by atoms with Gasteiger partial charge in [-0.25, -0.2) is 0 Å². The van der Waals surface area contributed by atoms with Crippen molar-refractivity contribution in [2.75, 3.05) is 5.75 Å². The van der Waals surface area contributed by atoms with Crippen molar-refractivity contribution in [3.8, 4) is 0 Å². The molecule has 0 N–H and O–H groups in total. The maximum absolute atomic E-state index is 12.0. The fourth-order valence-corrected chi connectivity index (χ4v) is 2.69. The van der Waals surface area contributed by atoms with Gasteiger partial charge in [0.2, 0.25) is 0 Å². The Morgan fingerprint density at radius 2 is 1.68 bits per heavy atom. The number of nitro groups is 1. The molecule has 0 atom stereocenters. The van der Waals surface area contributed by atoms with Crippen LogP contribution in [0.5, 0.6) is 0 Å². The van der Waals surface area contributed by atoms with Gasteiger partial charge in [-0.05, 0) is 18.2 Å². The average Bonchev–Trinajstić information content (AvgIpc) is 2.52. The Labute approximate surface area is 129 Å². The van der Waals surface area contributed by atoms with Gasteiger partial charge in [0.25, 0.3) is 5.69 Å². The van der Waals surface area contributed by atoms with Gasteiger partial charge in [-0.2, -0.15) is 0 Å². The molecule has 7 heteroatoms. The van der Waals surface area contributed by atoms with Crippen molar-refractivity contribution in [2.24, 2.45) is 0 Å². The van der Waals surface area contributed by atoms with E-state index in [2.05, 4.69) is 0 Å². The Hall–Kier alpha value is -2.67. The summed E-state index contributed by atoms with van der Waals surface area (Å²) in [5.74, 6) is -1.51. The van der Waals surface area contributed by atoms with E-state index in [1.807, 2.05) is 0 Å². The predicted octanol–water partition coefficient (Wildman–Crippen LogP) is 1.93. The molecule has 0 fully saturated rings. The molecule has 0 spiro atoms. The van der Waals surface area contributed by atoms with Crippen molar-refractivity contribution >= 4 is 29.2 Å². The summed E-state index contributed by atoms with van der Waals surface area (Å²) < 4.78 is 0. The number of ketones is 1. The number of hydrogen-bond donors (Lipinski definition) is 0. The zero-order chi connectivity index (χ0) is 16.1. The summed E-state index contributed by atoms with van der Waals surface area (Å²) in [5.41, 5.74) is 0.277. The van der Waals surface area contributed by atoms with Crippen molar-refractivity contribution in [3.05, 3.63) is 69.8 Å². The van der Waals surface area contributed by atoms with Crippen LogP contribution < -0.4 is 5.11 Å². The zero-order valence-corrected chi connectivity index (χ0v) is 12.0. The highest BCUT2D eigenvalue weighted by Crippen LogP contribution is 2.23. The standard InChI is InChI=1S/C15H11NO5S/c17-13(10-5-7-11(8-6-10)16(20)21)9-22-14-4-2-1-3-12(14)15(18)19/h1-8H,9H2,(H,18,19)/p-1. The Morgan fingerprint density at radius 1 is 1.05 bits per heavy atom.